The Bertz CT molecular complexity index is 400. The molecule has 0 aliphatic carbocycles. The molecule has 3 heteroatoms. The van der Waals surface area contributed by atoms with Crippen LogP contribution in [0.1, 0.15) is 49.3 Å². The molecule has 0 saturated heterocycles. The lowest BCUT2D eigenvalue weighted by Gasteiger charge is -2.22. The first kappa shape index (κ1) is 14.5. The van der Waals surface area contributed by atoms with Gasteiger partial charge in [0.1, 0.15) is 5.75 Å². The molecule has 17 heavy (non-hydrogen) atoms. The minimum absolute atomic E-state index is 0.0833. The fraction of sp³-hybridized carbons (Fsp3) is 0.571. The van der Waals surface area contributed by atoms with Crippen molar-refractivity contribution in [3.63, 3.8) is 0 Å². The van der Waals surface area contributed by atoms with E-state index >= 15 is 0 Å². The molecule has 0 heterocycles. The number of aliphatic hydroxyl groups is 1. The minimum Gasteiger partial charge on any atom is -0.496 e. The summed E-state index contributed by atoms with van der Waals surface area (Å²) in [4.78, 5) is 0. The van der Waals surface area contributed by atoms with Crippen LogP contribution in [0.3, 0.4) is 0 Å². The van der Waals surface area contributed by atoms with Gasteiger partial charge in [0, 0.05) is 22.6 Å². The van der Waals surface area contributed by atoms with Gasteiger partial charge >= 0.3 is 0 Å². The number of methoxy groups -OCH3 is 1. The minimum atomic E-state index is 0.0833. The second kappa shape index (κ2) is 5.87. The summed E-state index contributed by atoms with van der Waals surface area (Å²) in [5.74, 6) is 1.40. The first-order valence-electron chi connectivity index (χ1n) is 5.91. The SMILES string of the molecule is COc1c(C(C)C)cc(Br)c(C)c1C(C)CO. The van der Waals surface area contributed by atoms with E-state index in [0.717, 1.165) is 21.3 Å². The number of hydrogen-bond acceptors (Lipinski definition) is 2. The average molecular weight is 301 g/mol. The number of hydrogen-bond donors (Lipinski definition) is 1. The van der Waals surface area contributed by atoms with Gasteiger partial charge in [-0.2, -0.15) is 0 Å². The van der Waals surface area contributed by atoms with Crippen molar-refractivity contribution in [3.8, 4) is 5.75 Å². The smallest absolute Gasteiger partial charge is 0.126 e. The van der Waals surface area contributed by atoms with Gasteiger partial charge in [0.25, 0.3) is 0 Å². The van der Waals surface area contributed by atoms with Crippen LogP contribution in [0.15, 0.2) is 10.5 Å². The molecule has 1 unspecified atom stereocenters. The quantitative estimate of drug-likeness (QED) is 0.911. The summed E-state index contributed by atoms with van der Waals surface area (Å²) in [6.07, 6.45) is 0. The topological polar surface area (TPSA) is 29.5 Å². The van der Waals surface area contributed by atoms with Gasteiger partial charge in [-0.25, -0.2) is 0 Å². The van der Waals surface area contributed by atoms with Crippen molar-refractivity contribution in [2.24, 2.45) is 0 Å². The lowest BCUT2D eigenvalue weighted by Crippen LogP contribution is -2.08. The molecule has 1 rings (SSSR count). The predicted molar refractivity (Wildman–Crippen MR) is 75.0 cm³/mol. The zero-order valence-electron chi connectivity index (χ0n) is 11.2. The monoisotopic (exact) mass is 300 g/mol. The fourth-order valence-electron chi connectivity index (χ4n) is 2.11. The highest BCUT2D eigenvalue weighted by Crippen LogP contribution is 2.40. The lowest BCUT2D eigenvalue weighted by atomic mass is 9.90. The van der Waals surface area contributed by atoms with Crippen LogP contribution < -0.4 is 4.74 Å². The van der Waals surface area contributed by atoms with E-state index in [9.17, 15) is 5.11 Å². The van der Waals surface area contributed by atoms with Crippen LogP contribution in [0.25, 0.3) is 0 Å². The van der Waals surface area contributed by atoms with Crippen molar-refractivity contribution in [2.45, 2.75) is 39.5 Å². The molecule has 1 atom stereocenters. The average Bonchev–Trinajstić information content (AvgIpc) is 2.30. The molecule has 96 valence electrons. The molecule has 0 aliphatic heterocycles. The number of halogens is 1. The van der Waals surface area contributed by atoms with Crippen LogP contribution in [-0.2, 0) is 0 Å². The van der Waals surface area contributed by atoms with E-state index in [4.69, 9.17) is 4.74 Å². The van der Waals surface area contributed by atoms with Crippen molar-refractivity contribution in [1.29, 1.82) is 0 Å². The second-order valence-corrected chi connectivity index (χ2v) is 5.61. The Morgan fingerprint density at radius 1 is 1.35 bits per heavy atom. The Morgan fingerprint density at radius 2 is 1.94 bits per heavy atom. The summed E-state index contributed by atoms with van der Waals surface area (Å²) >= 11 is 3.59. The van der Waals surface area contributed by atoms with Crippen molar-refractivity contribution >= 4 is 15.9 Å². The van der Waals surface area contributed by atoms with Gasteiger partial charge < -0.3 is 9.84 Å². The molecular formula is C14H21BrO2. The summed E-state index contributed by atoms with van der Waals surface area (Å²) in [6.45, 7) is 8.49. The van der Waals surface area contributed by atoms with Crippen LogP contribution in [-0.4, -0.2) is 18.8 Å². The van der Waals surface area contributed by atoms with Gasteiger partial charge in [-0.05, 0) is 30.0 Å². The Kier molecular flexibility index (Phi) is 5.02. The largest absolute Gasteiger partial charge is 0.496 e. The Morgan fingerprint density at radius 3 is 2.35 bits per heavy atom. The van der Waals surface area contributed by atoms with Crippen molar-refractivity contribution in [1.82, 2.24) is 0 Å². The number of ether oxygens (including phenoxy) is 1. The third-order valence-electron chi connectivity index (χ3n) is 3.14. The third kappa shape index (κ3) is 2.83. The molecule has 2 nitrogen and oxygen atoms in total. The summed E-state index contributed by atoms with van der Waals surface area (Å²) in [7, 11) is 1.70. The highest BCUT2D eigenvalue weighted by molar-refractivity contribution is 9.10. The van der Waals surface area contributed by atoms with E-state index in [-0.39, 0.29) is 12.5 Å². The molecule has 0 aromatic heterocycles. The Labute approximate surface area is 112 Å². The van der Waals surface area contributed by atoms with Crippen LogP contribution in [0.2, 0.25) is 0 Å². The van der Waals surface area contributed by atoms with Crippen LogP contribution in [0.4, 0.5) is 0 Å². The van der Waals surface area contributed by atoms with Crippen LogP contribution in [0.5, 0.6) is 5.75 Å². The maximum atomic E-state index is 9.38. The first-order valence-corrected chi connectivity index (χ1v) is 6.71. The molecule has 0 radical (unpaired) electrons. The normalized spacial score (nSPS) is 12.9. The highest BCUT2D eigenvalue weighted by Gasteiger charge is 2.20. The third-order valence-corrected chi connectivity index (χ3v) is 3.97. The van der Waals surface area contributed by atoms with E-state index in [1.165, 1.54) is 5.56 Å². The van der Waals surface area contributed by atoms with E-state index in [1.807, 2.05) is 6.92 Å². The lowest BCUT2D eigenvalue weighted by molar-refractivity contribution is 0.269. The first-order chi connectivity index (χ1) is 7.93. The van der Waals surface area contributed by atoms with Crippen molar-refractivity contribution in [2.75, 3.05) is 13.7 Å². The summed E-state index contributed by atoms with van der Waals surface area (Å²) in [5, 5.41) is 9.38. The summed E-state index contributed by atoms with van der Waals surface area (Å²) in [6, 6.07) is 2.12. The molecule has 0 aliphatic rings. The molecule has 1 N–H and O–H groups in total. The van der Waals surface area contributed by atoms with Gasteiger partial charge in [0.2, 0.25) is 0 Å². The van der Waals surface area contributed by atoms with Crippen LogP contribution in [0, 0.1) is 6.92 Å². The van der Waals surface area contributed by atoms with E-state index in [2.05, 4.69) is 42.8 Å². The number of aliphatic hydroxyl groups excluding tert-OH is 1. The second-order valence-electron chi connectivity index (χ2n) is 4.76. The van der Waals surface area contributed by atoms with Crippen molar-refractivity contribution < 1.29 is 9.84 Å². The molecule has 0 fully saturated rings. The zero-order valence-corrected chi connectivity index (χ0v) is 12.8. The Hall–Kier alpha value is -0.540. The fourth-order valence-corrected chi connectivity index (χ4v) is 2.57. The molecule has 0 bridgehead atoms. The van der Waals surface area contributed by atoms with Crippen molar-refractivity contribution in [3.05, 3.63) is 27.2 Å². The molecule has 0 saturated carbocycles. The summed E-state index contributed by atoms with van der Waals surface area (Å²) in [5.41, 5.74) is 3.43. The molecule has 1 aromatic carbocycles. The van der Waals surface area contributed by atoms with E-state index < -0.39 is 0 Å². The molecular weight excluding hydrogens is 280 g/mol. The summed E-state index contributed by atoms with van der Waals surface area (Å²) < 4.78 is 6.65. The van der Waals surface area contributed by atoms with Gasteiger partial charge in [-0.3, -0.25) is 0 Å². The van der Waals surface area contributed by atoms with Gasteiger partial charge in [0.15, 0.2) is 0 Å². The molecule has 1 aromatic rings. The standard InChI is InChI=1S/C14H21BrO2/c1-8(2)11-6-12(15)10(4)13(9(3)7-16)14(11)17-5/h6,8-9,16H,7H2,1-5H3. The molecule has 0 amide bonds. The predicted octanol–water partition coefficient (Wildman–Crippen LogP) is 3.99. The number of benzene rings is 1. The Balaban J connectivity index is 3.53. The zero-order chi connectivity index (χ0) is 13.2. The van der Waals surface area contributed by atoms with Crippen LogP contribution >= 0.6 is 15.9 Å². The van der Waals surface area contributed by atoms with Gasteiger partial charge in [0.05, 0.1) is 7.11 Å². The molecule has 0 spiro atoms. The van der Waals surface area contributed by atoms with Gasteiger partial charge in [-0.1, -0.05) is 36.7 Å². The maximum Gasteiger partial charge on any atom is 0.126 e. The van der Waals surface area contributed by atoms with E-state index in [0.29, 0.717) is 5.92 Å². The van der Waals surface area contributed by atoms with E-state index in [1.54, 1.807) is 7.11 Å². The van der Waals surface area contributed by atoms with Gasteiger partial charge in [-0.15, -0.1) is 0 Å². The maximum absolute atomic E-state index is 9.38. The number of rotatable bonds is 4. The highest BCUT2D eigenvalue weighted by atomic mass is 79.9.